The van der Waals surface area contributed by atoms with Gasteiger partial charge in [-0.2, -0.15) is 0 Å². The van der Waals surface area contributed by atoms with Crippen LogP contribution in [0.5, 0.6) is 0 Å². The maximum absolute atomic E-state index is 13.5. The number of hydrogen-bond acceptors (Lipinski definition) is 7. The molecule has 6 N–H and O–H groups in total. The number of nitrogens with one attached hydrogen (secondary N) is 3. The van der Waals surface area contributed by atoms with Gasteiger partial charge in [0, 0.05) is 36.4 Å². The van der Waals surface area contributed by atoms with Gasteiger partial charge in [-0.05, 0) is 56.9 Å². The van der Waals surface area contributed by atoms with E-state index in [0.717, 1.165) is 24.1 Å². The second-order valence-electron chi connectivity index (χ2n) is 10.1. The Morgan fingerprint density at radius 2 is 1.75 bits per heavy atom. The Labute approximate surface area is 217 Å². The molecule has 1 fully saturated rings. The minimum absolute atomic E-state index is 0.132. The van der Waals surface area contributed by atoms with Crippen LogP contribution in [0.4, 0.5) is 11.4 Å². The van der Waals surface area contributed by atoms with Crippen molar-refractivity contribution in [3.05, 3.63) is 59.7 Å². The van der Waals surface area contributed by atoms with Crippen LogP contribution in [0, 0.1) is 0 Å². The van der Waals surface area contributed by atoms with Crippen LogP contribution >= 0.6 is 10.8 Å². The third-order valence-corrected chi connectivity index (χ3v) is 8.06. The summed E-state index contributed by atoms with van der Waals surface area (Å²) >= 11 is 0. The lowest BCUT2D eigenvalue weighted by molar-refractivity contribution is 0.0827. The zero-order valence-corrected chi connectivity index (χ0v) is 22.6. The van der Waals surface area contributed by atoms with Gasteiger partial charge >= 0.3 is 0 Å². The molecule has 2 aromatic carbocycles. The van der Waals surface area contributed by atoms with Crippen LogP contribution in [0.15, 0.2) is 48.5 Å². The summed E-state index contributed by atoms with van der Waals surface area (Å²) in [6, 6.07) is 15.0. The van der Waals surface area contributed by atoms with Crippen LogP contribution in [-0.4, -0.2) is 63.2 Å². The fourth-order valence-electron chi connectivity index (χ4n) is 4.31. The van der Waals surface area contributed by atoms with Crippen molar-refractivity contribution >= 4 is 28.1 Å². The van der Waals surface area contributed by atoms with E-state index in [1.165, 1.54) is 0 Å². The number of rotatable bonds is 11. The molecule has 0 bridgehead atoms. The first-order valence-electron chi connectivity index (χ1n) is 12.8. The zero-order chi connectivity index (χ0) is 26.3. The molecule has 0 aliphatic carbocycles. The number of amides is 1. The highest BCUT2D eigenvalue weighted by Crippen LogP contribution is 2.50. The van der Waals surface area contributed by atoms with Crippen LogP contribution in [0.1, 0.15) is 56.5 Å². The Balaban J connectivity index is 1.89. The quantitative estimate of drug-likeness (QED) is 0.260. The first-order valence-corrected chi connectivity index (χ1v) is 14.4. The number of benzene rings is 2. The van der Waals surface area contributed by atoms with Gasteiger partial charge < -0.3 is 21.1 Å². The molecule has 1 saturated heterocycles. The molecule has 1 aliphatic heterocycles. The molecule has 0 spiro atoms. The highest BCUT2D eigenvalue weighted by molar-refractivity contribution is 8.25. The summed E-state index contributed by atoms with van der Waals surface area (Å²) < 4.78 is 23.0. The minimum Gasteiger partial charge on any atom is -0.390 e. The molecule has 200 valence electrons. The van der Waals surface area contributed by atoms with Crippen molar-refractivity contribution in [2.24, 2.45) is 0 Å². The monoisotopic (exact) mass is 518 g/mol. The molecule has 9 heteroatoms. The van der Waals surface area contributed by atoms with Crippen LogP contribution in [0.2, 0.25) is 0 Å². The van der Waals surface area contributed by atoms with Gasteiger partial charge in [0.1, 0.15) is 0 Å². The first kappa shape index (κ1) is 28.3. The third kappa shape index (κ3) is 8.11. The van der Waals surface area contributed by atoms with Gasteiger partial charge in [0.15, 0.2) is 0 Å². The maximum Gasteiger partial charge on any atom is 0.251 e. The third-order valence-electron chi connectivity index (χ3n) is 6.12. The molecule has 1 aliphatic rings. The molecule has 1 amide bonds. The van der Waals surface area contributed by atoms with E-state index in [9.17, 15) is 19.0 Å². The van der Waals surface area contributed by atoms with Crippen molar-refractivity contribution in [2.45, 2.75) is 71.2 Å². The normalized spacial score (nSPS) is 18.1. The second kappa shape index (κ2) is 12.8. The Hall–Kier alpha value is -2.30. The molecule has 3 rings (SSSR count). The second-order valence-corrected chi connectivity index (χ2v) is 12.2. The molecule has 0 saturated carbocycles. The summed E-state index contributed by atoms with van der Waals surface area (Å²) in [5.41, 5.74) is 2.75. The standard InChI is InChI=1S/C27H42N4O4S/c1-19(2)28-18-26(32)25(14-21-10-6-5-7-11-21)30-27(33)22-15-23(29-20(3)4)17-24(16-22)31-12-8-9-13-36(31,34)35/h5-7,10-11,15-17,19-20,25-26,28-29,32,34-35H,8-9,12-14,18H2,1-4H3,(H,30,33)/t25-,26+/m0/s1. The Kier molecular flexibility index (Phi) is 10.0. The van der Waals surface area contributed by atoms with Crippen molar-refractivity contribution in [3.63, 3.8) is 0 Å². The first-order chi connectivity index (χ1) is 17.0. The van der Waals surface area contributed by atoms with Crippen LogP contribution in [-0.2, 0) is 6.42 Å². The Bertz CT molecular complexity index is 987. The molecule has 1 heterocycles. The summed E-state index contributed by atoms with van der Waals surface area (Å²) in [4.78, 5) is 13.5. The van der Waals surface area contributed by atoms with Crippen molar-refractivity contribution in [3.8, 4) is 0 Å². The molecule has 36 heavy (non-hydrogen) atoms. The summed E-state index contributed by atoms with van der Waals surface area (Å²) in [6.07, 6.45) is 1.31. The average molecular weight is 519 g/mol. The van der Waals surface area contributed by atoms with Gasteiger partial charge in [-0.15, -0.1) is 10.8 Å². The van der Waals surface area contributed by atoms with E-state index in [2.05, 4.69) is 16.0 Å². The number of carbonyl (C=O) groups excluding carboxylic acids is 1. The van der Waals surface area contributed by atoms with E-state index < -0.39 is 22.9 Å². The largest absolute Gasteiger partial charge is 0.390 e. The number of nitrogens with zero attached hydrogens (tertiary/aromatic N) is 1. The zero-order valence-electron chi connectivity index (χ0n) is 21.8. The van der Waals surface area contributed by atoms with Gasteiger partial charge in [0.2, 0.25) is 0 Å². The van der Waals surface area contributed by atoms with E-state index in [4.69, 9.17) is 0 Å². The lowest BCUT2D eigenvalue weighted by Gasteiger charge is -2.47. The molecule has 0 unspecified atom stereocenters. The molecule has 0 radical (unpaired) electrons. The van der Waals surface area contributed by atoms with Gasteiger partial charge in [0.05, 0.1) is 23.6 Å². The summed E-state index contributed by atoms with van der Waals surface area (Å²) in [5.74, 6) is 0.00607. The number of aliphatic hydroxyl groups excluding tert-OH is 1. The fraction of sp³-hybridized carbons (Fsp3) is 0.519. The predicted octanol–water partition coefficient (Wildman–Crippen LogP) is 4.47. The van der Waals surface area contributed by atoms with E-state index in [1.54, 1.807) is 16.4 Å². The average Bonchev–Trinajstić information content (AvgIpc) is 2.81. The van der Waals surface area contributed by atoms with Gasteiger partial charge in [-0.25, -0.2) is 0 Å². The summed E-state index contributed by atoms with van der Waals surface area (Å²) in [7, 11) is -2.93. The van der Waals surface area contributed by atoms with Crippen molar-refractivity contribution in [1.29, 1.82) is 0 Å². The number of carbonyl (C=O) groups is 1. The number of aliphatic hydroxyl groups is 1. The molecule has 8 nitrogen and oxygen atoms in total. The molecule has 0 aromatic heterocycles. The number of hydrogen-bond donors (Lipinski definition) is 6. The fourth-order valence-corrected chi connectivity index (χ4v) is 5.99. The van der Waals surface area contributed by atoms with Crippen LogP contribution in [0.3, 0.4) is 0 Å². The lowest BCUT2D eigenvalue weighted by Crippen LogP contribution is -2.49. The Morgan fingerprint density at radius 3 is 2.39 bits per heavy atom. The van der Waals surface area contributed by atoms with Crippen molar-refractivity contribution in [2.75, 3.05) is 28.5 Å². The van der Waals surface area contributed by atoms with Crippen molar-refractivity contribution in [1.82, 2.24) is 10.6 Å². The lowest BCUT2D eigenvalue weighted by atomic mass is 10.00. The molecule has 2 atom stereocenters. The van der Waals surface area contributed by atoms with Crippen LogP contribution < -0.4 is 20.3 Å². The van der Waals surface area contributed by atoms with Gasteiger partial charge in [-0.1, -0.05) is 44.2 Å². The summed E-state index contributed by atoms with van der Waals surface area (Å²) in [5, 5.41) is 20.6. The van der Waals surface area contributed by atoms with E-state index in [-0.39, 0.29) is 18.0 Å². The predicted molar refractivity (Wildman–Crippen MR) is 150 cm³/mol. The van der Waals surface area contributed by atoms with E-state index in [0.29, 0.717) is 36.5 Å². The van der Waals surface area contributed by atoms with Crippen LogP contribution in [0.25, 0.3) is 0 Å². The minimum atomic E-state index is -2.93. The van der Waals surface area contributed by atoms with E-state index in [1.807, 2.05) is 64.1 Å². The smallest absolute Gasteiger partial charge is 0.251 e. The van der Waals surface area contributed by atoms with Gasteiger partial charge in [-0.3, -0.25) is 18.2 Å². The molecular weight excluding hydrogens is 476 g/mol. The number of anilines is 2. The molecule has 2 aromatic rings. The van der Waals surface area contributed by atoms with Gasteiger partial charge in [0.25, 0.3) is 5.91 Å². The maximum atomic E-state index is 13.5. The Morgan fingerprint density at radius 1 is 1.03 bits per heavy atom. The highest BCUT2D eigenvalue weighted by Gasteiger charge is 2.28. The molecular formula is C27H42N4O4S. The van der Waals surface area contributed by atoms with Crippen molar-refractivity contribution < 1.29 is 19.0 Å². The highest BCUT2D eigenvalue weighted by atomic mass is 32.3. The van der Waals surface area contributed by atoms with E-state index >= 15 is 0 Å². The summed E-state index contributed by atoms with van der Waals surface area (Å²) in [6.45, 7) is 8.91. The topological polar surface area (TPSA) is 117 Å². The SMILES string of the molecule is CC(C)NC[C@@H](O)[C@H](Cc1ccccc1)NC(=O)c1cc(NC(C)C)cc(N2CCCCS2(O)O)c1.